The summed E-state index contributed by atoms with van der Waals surface area (Å²) in [5, 5.41) is 0.799. The van der Waals surface area contributed by atoms with E-state index >= 15 is 0 Å². The van der Waals surface area contributed by atoms with Crippen LogP contribution in [0.25, 0.3) is 10.9 Å². The van der Waals surface area contributed by atoms with E-state index in [1.165, 1.54) is 18.3 Å². The first-order valence-electron chi connectivity index (χ1n) is 11.1. The molecule has 0 fully saturated rings. The minimum absolute atomic E-state index is 0.0340. The summed E-state index contributed by atoms with van der Waals surface area (Å²) in [6, 6.07) is 17.2. The number of aryl methyl sites for hydroxylation is 1. The van der Waals surface area contributed by atoms with Crippen molar-refractivity contribution in [2.24, 2.45) is 0 Å². The topological polar surface area (TPSA) is 60.6 Å². The molecule has 5 nitrogen and oxygen atoms in total. The second-order valence-corrected chi connectivity index (χ2v) is 8.59. The van der Waals surface area contributed by atoms with Gasteiger partial charge in [0.15, 0.2) is 5.78 Å². The number of carbonyl (C=O) groups excluding carboxylic acids is 1. The molecule has 9 heteroatoms. The van der Waals surface area contributed by atoms with Crippen LogP contribution in [0.5, 0.6) is 11.5 Å². The van der Waals surface area contributed by atoms with Crippen molar-refractivity contribution in [3.8, 4) is 11.5 Å². The third-order valence-corrected chi connectivity index (χ3v) is 5.71. The number of ketones is 1. The van der Waals surface area contributed by atoms with Crippen molar-refractivity contribution in [1.29, 1.82) is 0 Å². The van der Waals surface area contributed by atoms with E-state index < -0.39 is 6.36 Å². The van der Waals surface area contributed by atoms with Crippen molar-refractivity contribution in [2.45, 2.75) is 26.3 Å². The number of Topliss-reactive ketones (excluding diaryl/α,β-unsaturated/α-hetero) is 1. The van der Waals surface area contributed by atoms with Gasteiger partial charge >= 0.3 is 6.36 Å². The van der Waals surface area contributed by atoms with Gasteiger partial charge in [0.25, 0.3) is 0 Å². The van der Waals surface area contributed by atoms with Crippen LogP contribution in [0.2, 0.25) is 5.02 Å². The molecule has 0 bridgehead atoms. The zero-order chi connectivity index (χ0) is 25.7. The lowest BCUT2D eigenvalue weighted by Crippen LogP contribution is -2.17. The van der Waals surface area contributed by atoms with Gasteiger partial charge in [-0.1, -0.05) is 48.0 Å². The zero-order valence-electron chi connectivity index (χ0n) is 19.3. The van der Waals surface area contributed by atoms with Crippen LogP contribution >= 0.6 is 11.6 Å². The third-order valence-electron chi connectivity index (χ3n) is 5.47. The molecular formula is C27H23ClF3NO4. The summed E-state index contributed by atoms with van der Waals surface area (Å²) in [5.74, 6) is -0.235. The molecule has 4 rings (SSSR count). The number of nitrogens with one attached hydrogen (secondary N) is 1. The Morgan fingerprint density at radius 1 is 1.03 bits per heavy atom. The predicted octanol–water partition coefficient (Wildman–Crippen LogP) is 7.05. The lowest BCUT2D eigenvalue weighted by molar-refractivity contribution is -0.274. The smallest absolute Gasteiger partial charge is 0.491 e. The quantitative estimate of drug-likeness (QED) is 0.181. The Labute approximate surface area is 210 Å². The summed E-state index contributed by atoms with van der Waals surface area (Å²) in [6.07, 6.45) is -3.38. The molecule has 0 aliphatic rings. The van der Waals surface area contributed by atoms with Gasteiger partial charge in [-0.15, -0.1) is 13.2 Å². The van der Waals surface area contributed by atoms with Crippen molar-refractivity contribution < 1.29 is 32.2 Å². The third kappa shape index (κ3) is 6.59. The molecule has 0 aliphatic heterocycles. The Morgan fingerprint density at radius 3 is 2.56 bits per heavy atom. The fraction of sp³-hybridized carbons (Fsp3) is 0.222. The second kappa shape index (κ2) is 11.1. The van der Waals surface area contributed by atoms with Crippen molar-refractivity contribution in [3.63, 3.8) is 0 Å². The number of benzene rings is 3. The summed E-state index contributed by atoms with van der Waals surface area (Å²) in [6.45, 7) is 2.67. The molecule has 0 aliphatic carbocycles. The van der Waals surface area contributed by atoms with Gasteiger partial charge in [-0.05, 0) is 42.3 Å². The Kier molecular flexibility index (Phi) is 7.86. The normalized spacial score (nSPS) is 11.6. The summed E-state index contributed by atoms with van der Waals surface area (Å²) in [7, 11) is 0. The van der Waals surface area contributed by atoms with Crippen LogP contribution in [-0.2, 0) is 17.8 Å². The highest BCUT2D eigenvalue weighted by atomic mass is 35.5. The molecule has 1 aromatic heterocycles. The van der Waals surface area contributed by atoms with Gasteiger partial charge in [-0.2, -0.15) is 0 Å². The first kappa shape index (κ1) is 25.6. The monoisotopic (exact) mass is 517 g/mol. The van der Waals surface area contributed by atoms with Gasteiger partial charge in [0, 0.05) is 39.7 Å². The average molecular weight is 518 g/mol. The Hall–Kier alpha value is -3.49. The fourth-order valence-electron chi connectivity index (χ4n) is 3.86. The highest BCUT2D eigenvalue weighted by Gasteiger charge is 2.31. The number of fused-ring (bicyclic) bond motifs is 1. The molecule has 1 heterocycles. The molecule has 0 saturated carbocycles. The highest BCUT2D eigenvalue weighted by Crippen LogP contribution is 2.32. The summed E-state index contributed by atoms with van der Waals surface area (Å²) >= 11 is 6.13. The minimum Gasteiger partial charge on any atom is -0.491 e. The molecule has 0 amide bonds. The number of H-pyrrole nitrogens is 1. The van der Waals surface area contributed by atoms with Gasteiger partial charge in [0.05, 0.1) is 13.2 Å². The van der Waals surface area contributed by atoms with Crippen LogP contribution in [0.15, 0.2) is 66.9 Å². The molecule has 3 aromatic carbocycles. The second-order valence-electron chi connectivity index (χ2n) is 8.15. The van der Waals surface area contributed by atoms with Crippen LogP contribution in [0, 0.1) is 6.92 Å². The minimum atomic E-state index is -4.83. The molecular weight excluding hydrogens is 495 g/mol. The standard InChI is InChI=1S/C27H23ClF3NO4/c1-17-11-21(36-27(29,30)31)14-22-23(15-32-26(17)22)24(33)12-19-7-8-20(28)13-25(19)35-10-9-34-16-18-5-3-2-4-6-18/h2-8,11,13-15,32H,9-10,12,16H2,1H3/i24+0. The van der Waals surface area contributed by atoms with Crippen molar-refractivity contribution >= 4 is 28.3 Å². The number of hydrogen-bond acceptors (Lipinski definition) is 4. The Balaban J connectivity index is 1.46. The zero-order valence-corrected chi connectivity index (χ0v) is 20.1. The van der Waals surface area contributed by atoms with Crippen molar-refractivity contribution in [2.75, 3.05) is 13.2 Å². The van der Waals surface area contributed by atoms with E-state index in [4.69, 9.17) is 21.1 Å². The van der Waals surface area contributed by atoms with Gasteiger partial charge in [-0.3, -0.25) is 4.79 Å². The molecule has 0 spiro atoms. The Bertz CT molecular complexity index is 1350. The molecule has 0 radical (unpaired) electrons. The van der Waals surface area contributed by atoms with Gasteiger partial charge in [0.2, 0.25) is 0 Å². The number of rotatable bonds is 10. The van der Waals surface area contributed by atoms with Crippen LogP contribution in [0.3, 0.4) is 0 Å². The predicted molar refractivity (Wildman–Crippen MR) is 131 cm³/mol. The van der Waals surface area contributed by atoms with Gasteiger partial charge in [-0.25, -0.2) is 0 Å². The van der Waals surface area contributed by atoms with E-state index in [-0.39, 0.29) is 30.1 Å². The van der Waals surface area contributed by atoms with E-state index in [1.807, 2.05) is 30.3 Å². The highest BCUT2D eigenvalue weighted by molar-refractivity contribution is 6.30. The number of aromatic nitrogens is 1. The molecule has 0 unspecified atom stereocenters. The Morgan fingerprint density at radius 2 is 1.81 bits per heavy atom. The molecule has 4 aromatic rings. The molecule has 0 saturated heterocycles. The number of hydrogen-bond donors (Lipinski definition) is 1. The maximum absolute atomic E-state index is 13.2. The van der Waals surface area contributed by atoms with E-state index in [0.29, 0.717) is 46.0 Å². The van der Waals surface area contributed by atoms with E-state index in [1.54, 1.807) is 25.1 Å². The maximum Gasteiger partial charge on any atom is 0.573 e. The first-order valence-corrected chi connectivity index (χ1v) is 11.5. The maximum atomic E-state index is 13.2. The van der Waals surface area contributed by atoms with Crippen LogP contribution in [0.4, 0.5) is 13.2 Å². The van der Waals surface area contributed by atoms with E-state index in [2.05, 4.69) is 9.72 Å². The van der Waals surface area contributed by atoms with Gasteiger partial charge < -0.3 is 19.2 Å². The summed E-state index contributed by atoms with van der Waals surface area (Å²) in [4.78, 5) is 16.1. The van der Waals surface area contributed by atoms with Crippen molar-refractivity contribution in [1.82, 2.24) is 4.98 Å². The molecule has 36 heavy (non-hydrogen) atoms. The van der Waals surface area contributed by atoms with E-state index in [9.17, 15) is 18.0 Å². The number of halogens is 4. The fourth-order valence-corrected chi connectivity index (χ4v) is 4.02. The summed E-state index contributed by atoms with van der Waals surface area (Å²) in [5.41, 5.74) is 2.99. The number of aromatic amines is 1. The van der Waals surface area contributed by atoms with E-state index in [0.717, 1.165) is 5.56 Å². The summed E-state index contributed by atoms with van der Waals surface area (Å²) < 4.78 is 53.7. The van der Waals surface area contributed by atoms with Crippen molar-refractivity contribution in [3.05, 3.63) is 94.1 Å². The largest absolute Gasteiger partial charge is 0.573 e. The lowest BCUT2D eigenvalue weighted by atomic mass is 10.0. The average Bonchev–Trinajstić information content (AvgIpc) is 3.24. The lowest BCUT2D eigenvalue weighted by Gasteiger charge is -2.13. The number of carbonyl (C=O) groups is 1. The number of alkyl halides is 3. The molecule has 0 atom stereocenters. The molecule has 188 valence electrons. The number of ether oxygens (including phenoxy) is 3. The van der Waals surface area contributed by atoms with Crippen LogP contribution < -0.4 is 9.47 Å². The SMILES string of the molecule is Cc1cc(OC(F)(F)F)cc2c([12C](=O)Cc3ccc(Cl)cc3OCCOCc3ccccc3)c[nH]c12. The van der Waals surface area contributed by atoms with Crippen LogP contribution in [0.1, 0.15) is 27.0 Å². The van der Waals surface area contributed by atoms with Gasteiger partial charge in [0.1, 0.15) is 18.1 Å². The van der Waals surface area contributed by atoms with Crippen LogP contribution in [-0.4, -0.2) is 30.3 Å². The molecule has 1 N–H and O–H groups in total. The first-order chi connectivity index (χ1) is 17.2.